The van der Waals surface area contributed by atoms with Gasteiger partial charge in [0, 0.05) is 21.0 Å². The Balaban J connectivity index is 1.81. The van der Waals surface area contributed by atoms with E-state index < -0.39 is 11.9 Å². The van der Waals surface area contributed by atoms with Gasteiger partial charge in [-0.3, -0.25) is 4.79 Å². The van der Waals surface area contributed by atoms with E-state index in [1.807, 2.05) is 32.0 Å². The predicted molar refractivity (Wildman–Crippen MR) is 110 cm³/mol. The van der Waals surface area contributed by atoms with E-state index in [9.17, 15) is 9.18 Å². The topological polar surface area (TPSA) is 42.4 Å². The van der Waals surface area contributed by atoms with Crippen LogP contribution in [0, 0.1) is 19.7 Å². The van der Waals surface area contributed by atoms with Gasteiger partial charge >= 0.3 is 0 Å². The number of anilines is 1. The number of rotatable bonds is 3. The summed E-state index contributed by atoms with van der Waals surface area (Å²) >= 11 is 7.81. The zero-order valence-electron chi connectivity index (χ0n) is 15.6. The molecule has 0 aliphatic carbocycles. The van der Waals surface area contributed by atoms with Gasteiger partial charge in [-0.25, -0.2) is 9.37 Å². The van der Waals surface area contributed by atoms with E-state index in [4.69, 9.17) is 16.3 Å². The molecule has 3 aromatic rings. The highest BCUT2D eigenvalue weighted by atomic mass is 35.5. The van der Waals surface area contributed by atoms with Crippen LogP contribution in [0.15, 0.2) is 36.4 Å². The summed E-state index contributed by atoms with van der Waals surface area (Å²) in [5, 5.41) is 1.26. The molecule has 0 fully saturated rings. The molecule has 2 heterocycles. The van der Waals surface area contributed by atoms with Crippen molar-refractivity contribution in [1.29, 1.82) is 0 Å². The standard InChI is InChI=1S/C21H18ClFN2O2S/c1-11-21(26)25(10-15-16(22)5-4-6-17(15)23)18-9-14(7-8-19(18)27-11)20-12(2)28-13(3)24-20/h4-9,11H,10H2,1-3H3. The first kappa shape index (κ1) is 18.9. The Bertz CT molecular complexity index is 1060. The number of benzene rings is 2. The van der Waals surface area contributed by atoms with Crippen LogP contribution in [0.1, 0.15) is 22.4 Å². The molecule has 2 aromatic carbocycles. The lowest BCUT2D eigenvalue weighted by Crippen LogP contribution is -2.44. The minimum atomic E-state index is -0.660. The largest absolute Gasteiger partial charge is 0.479 e. The highest BCUT2D eigenvalue weighted by Gasteiger charge is 2.33. The first-order valence-corrected chi connectivity index (χ1v) is 10.0. The summed E-state index contributed by atoms with van der Waals surface area (Å²) in [6.07, 6.45) is -0.660. The molecule has 1 unspecified atom stereocenters. The summed E-state index contributed by atoms with van der Waals surface area (Å²) in [5.41, 5.74) is 2.63. The molecule has 1 atom stereocenters. The summed E-state index contributed by atoms with van der Waals surface area (Å²) in [6, 6.07) is 10.1. The number of halogens is 2. The van der Waals surface area contributed by atoms with Gasteiger partial charge in [0.1, 0.15) is 11.6 Å². The zero-order valence-corrected chi connectivity index (χ0v) is 17.2. The third-order valence-corrected chi connectivity index (χ3v) is 5.96. The first-order chi connectivity index (χ1) is 13.3. The molecule has 4 rings (SSSR count). The molecule has 1 amide bonds. The average Bonchev–Trinajstić information content (AvgIpc) is 2.99. The number of nitrogens with zero attached hydrogens (tertiary/aromatic N) is 2. The number of amides is 1. The number of aryl methyl sites for hydroxylation is 2. The Labute approximate surface area is 171 Å². The van der Waals surface area contributed by atoms with Gasteiger partial charge < -0.3 is 9.64 Å². The molecular formula is C21H18ClFN2O2S. The van der Waals surface area contributed by atoms with Gasteiger partial charge in [0.2, 0.25) is 0 Å². The lowest BCUT2D eigenvalue weighted by molar-refractivity contribution is -0.125. The maximum absolute atomic E-state index is 14.3. The van der Waals surface area contributed by atoms with Gasteiger partial charge in [-0.15, -0.1) is 11.3 Å². The van der Waals surface area contributed by atoms with Crippen molar-refractivity contribution in [2.24, 2.45) is 0 Å². The fourth-order valence-corrected chi connectivity index (χ4v) is 4.42. The molecule has 0 saturated carbocycles. The van der Waals surface area contributed by atoms with Crippen LogP contribution >= 0.6 is 22.9 Å². The fourth-order valence-electron chi connectivity index (χ4n) is 3.36. The van der Waals surface area contributed by atoms with Crippen LogP contribution < -0.4 is 9.64 Å². The SMILES string of the molecule is Cc1nc(-c2ccc3c(c2)N(Cc2c(F)cccc2Cl)C(=O)C(C)O3)c(C)s1. The normalized spacial score (nSPS) is 16.1. The van der Waals surface area contributed by atoms with Crippen LogP contribution in [0.4, 0.5) is 10.1 Å². The smallest absolute Gasteiger partial charge is 0.268 e. The van der Waals surface area contributed by atoms with E-state index in [1.165, 1.54) is 11.0 Å². The van der Waals surface area contributed by atoms with Gasteiger partial charge in [-0.1, -0.05) is 17.7 Å². The van der Waals surface area contributed by atoms with Gasteiger partial charge in [0.25, 0.3) is 5.91 Å². The molecule has 1 aliphatic rings. The first-order valence-electron chi connectivity index (χ1n) is 8.84. The molecular weight excluding hydrogens is 399 g/mol. The van der Waals surface area contributed by atoms with Crippen molar-refractivity contribution in [3.63, 3.8) is 0 Å². The van der Waals surface area contributed by atoms with Crippen molar-refractivity contribution >= 4 is 34.5 Å². The minimum Gasteiger partial charge on any atom is -0.479 e. The summed E-state index contributed by atoms with van der Waals surface area (Å²) in [4.78, 5) is 20.1. The molecule has 28 heavy (non-hydrogen) atoms. The quantitative estimate of drug-likeness (QED) is 0.563. The van der Waals surface area contributed by atoms with E-state index in [0.717, 1.165) is 21.1 Å². The van der Waals surface area contributed by atoms with Crippen molar-refractivity contribution in [3.05, 3.63) is 62.7 Å². The summed E-state index contributed by atoms with van der Waals surface area (Å²) < 4.78 is 20.1. The van der Waals surface area contributed by atoms with E-state index in [-0.39, 0.29) is 23.0 Å². The molecule has 0 radical (unpaired) electrons. The van der Waals surface area contributed by atoms with Gasteiger partial charge in [0.05, 0.1) is 22.9 Å². The van der Waals surface area contributed by atoms with Gasteiger partial charge in [-0.05, 0) is 51.1 Å². The number of carbonyl (C=O) groups is 1. The molecule has 1 aliphatic heterocycles. The van der Waals surface area contributed by atoms with Crippen molar-refractivity contribution in [2.45, 2.75) is 33.4 Å². The highest BCUT2D eigenvalue weighted by molar-refractivity contribution is 7.11. The molecule has 0 N–H and O–H groups in total. The molecule has 1 aromatic heterocycles. The second-order valence-corrected chi connectivity index (χ2v) is 8.52. The zero-order chi connectivity index (χ0) is 20.0. The Morgan fingerprint density at radius 1 is 1.29 bits per heavy atom. The second kappa shape index (κ2) is 7.18. The maximum Gasteiger partial charge on any atom is 0.268 e. The summed E-state index contributed by atoms with van der Waals surface area (Å²) in [7, 11) is 0. The van der Waals surface area contributed by atoms with E-state index >= 15 is 0 Å². The minimum absolute atomic E-state index is 0.0313. The lowest BCUT2D eigenvalue weighted by atomic mass is 10.1. The summed E-state index contributed by atoms with van der Waals surface area (Å²) in [6.45, 7) is 5.69. The molecule has 0 saturated heterocycles. The van der Waals surface area contributed by atoms with Crippen LogP contribution in [-0.2, 0) is 11.3 Å². The molecule has 0 bridgehead atoms. The maximum atomic E-state index is 14.3. The van der Waals surface area contributed by atoms with Crippen molar-refractivity contribution in [1.82, 2.24) is 4.98 Å². The number of hydrogen-bond acceptors (Lipinski definition) is 4. The predicted octanol–water partition coefficient (Wildman–Crippen LogP) is 5.53. The lowest BCUT2D eigenvalue weighted by Gasteiger charge is -2.33. The molecule has 4 nitrogen and oxygen atoms in total. The van der Waals surface area contributed by atoms with E-state index in [0.29, 0.717) is 11.4 Å². The fraction of sp³-hybridized carbons (Fsp3) is 0.238. The average molecular weight is 417 g/mol. The number of hydrogen-bond donors (Lipinski definition) is 0. The number of thiazole rings is 1. The van der Waals surface area contributed by atoms with E-state index in [1.54, 1.807) is 30.4 Å². The van der Waals surface area contributed by atoms with Gasteiger partial charge in [-0.2, -0.15) is 0 Å². The third kappa shape index (κ3) is 3.27. The number of fused-ring (bicyclic) bond motifs is 1. The van der Waals surface area contributed by atoms with Crippen LogP contribution in [0.5, 0.6) is 5.75 Å². The van der Waals surface area contributed by atoms with Gasteiger partial charge in [0.15, 0.2) is 6.10 Å². The van der Waals surface area contributed by atoms with Crippen LogP contribution in [0.2, 0.25) is 5.02 Å². The van der Waals surface area contributed by atoms with Crippen molar-refractivity contribution in [2.75, 3.05) is 4.90 Å². The molecule has 144 valence electrons. The van der Waals surface area contributed by atoms with Crippen LogP contribution in [-0.4, -0.2) is 17.0 Å². The Hall–Kier alpha value is -2.44. The molecule has 7 heteroatoms. The Kier molecular flexibility index (Phi) is 4.85. The van der Waals surface area contributed by atoms with Crippen LogP contribution in [0.25, 0.3) is 11.3 Å². The van der Waals surface area contributed by atoms with Crippen LogP contribution in [0.3, 0.4) is 0 Å². The van der Waals surface area contributed by atoms with Crippen molar-refractivity contribution < 1.29 is 13.9 Å². The molecule has 0 spiro atoms. The summed E-state index contributed by atoms with van der Waals surface area (Å²) in [5.74, 6) is -0.105. The van der Waals surface area contributed by atoms with E-state index in [2.05, 4.69) is 4.98 Å². The van der Waals surface area contributed by atoms with Crippen molar-refractivity contribution in [3.8, 4) is 17.0 Å². The highest BCUT2D eigenvalue weighted by Crippen LogP contribution is 2.40. The Morgan fingerprint density at radius 2 is 2.07 bits per heavy atom. The number of aromatic nitrogens is 1. The number of ether oxygens (including phenoxy) is 1. The monoisotopic (exact) mass is 416 g/mol. The number of carbonyl (C=O) groups excluding carboxylic acids is 1. The second-order valence-electron chi connectivity index (χ2n) is 6.70. The third-order valence-electron chi connectivity index (χ3n) is 4.72. The Morgan fingerprint density at radius 3 is 2.75 bits per heavy atom.